The molecule has 0 heterocycles. The van der Waals surface area contributed by atoms with Crippen molar-refractivity contribution in [3.05, 3.63) is 0 Å². The maximum atomic E-state index is 5.50. The highest BCUT2D eigenvalue weighted by Gasteiger charge is 2.25. The molecule has 1 rings (SSSR count). The third kappa shape index (κ3) is 4.10. The van der Waals surface area contributed by atoms with Crippen LogP contribution in [0.5, 0.6) is 0 Å². The van der Waals surface area contributed by atoms with E-state index in [1.165, 1.54) is 38.5 Å². The number of nitrogens with one attached hydrogen (secondary N) is 1. The molecule has 0 aromatic heterocycles. The molecule has 0 amide bonds. The van der Waals surface area contributed by atoms with E-state index in [4.69, 9.17) is 4.84 Å². The fourth-order valence-corrected chi connectivity index (χ4v) is 2.24. The molecular weight excluding hydrogens is 162 g/mol. The van der Waals surface area contributed by atoms with Crippen molar-refractivity contribution in [1.29, 1.82) is 0 Å². The van der Waals surface area contributed by atoms with Gasteiger partial charge < -0.3 is 0 Å². The predicted molar refractivity (Wildman–Crippen MR) is 55.4 cm³/mol. The molecule has 0 radical (unpaired) electrons. The molecule has 0 saturated heterocycles. The van der Waals surface area contributed by atoms with Crippen LogP contribution in [0.1, 0.15) is 52.4 Å². The third-order valence-corrected chi connectivity index (χ3v) is 2.94. The van der Waals surface area contributed by atoms with Crippen LogP contribution in [0.25, 0.3) is 0 Å². The summed E-state index contributed by atoms with van der Waals surface area (Å²) in [5.41, 5.74) is 3.28. The topological polar surface area (TPSA) is 21.3 Å². The quantitative estimate of drug-likeness (QED) is 0.668. The van der Waals surface area contributed by atoms with Gasteiger partial charge in [0, 0.05) is 7.05 Å². The minimum atomic E-state index is 0.417. The van der Waals surface area contributed by atoms with Crippen LogP contribution in [0.3, 0.4) is 0 Å². The Hall–Kier alpha value is -0.0800. The molecule has 0 aromatic rings. The molecule has 1 saturated carbocycles. The Morgan fingerprint density at radius 2 is 2.00 bits per heavy atom. The van der Waals surface area contributed by atoms with Gasteiger partial charge in [0.15, 0.2) is 0 Å². The smallest absolute Gasteiger partial charge is 0.0795 e. The molecule has 0 aromatic carbocycles. The molecule has 2 nitrogen and oxygen atoms in total. The Morgan fingerprint density at radius 3 is 2.69 bits per heavy atom. The molecule has 2 heteroatoms. The maximum Gasteiger partial charge on any atom is 0.0795 e. The van der Waals surface area contributed by atoms with Crippen molar-refractivity contribution in [3.63, 3.8) is 0 Å². The number of hydroxylamine groups is 1. The van der Waals surface area contributed by atoms with Crippen LogP contribution >= 0.6 is 0 Å². The fourth-order valence-electron chi connectivity index (χ4n) is 2.24. The van der Waals surface area contributed by atoms with E-state index in [0.717, 1.165) is 0 Å². The molecule has 1 aliphatic carbocycles. The minimum Gasteiger partial charge on any atom is -0.299 e. The van der Waals surface area contributed by atoms with E-state index in [1.54, 1.807) is 0 Å². The van der Waals surface area contributed by atoms with Crippen LogP contribution in [0, 0.1) is 5.41 Å². The van der Waals surface area contributed by atoms with Crippen LogP contribution < -0.4 is 5.48 Å². The third-order valence-electron chi connectivity index (χ3n) is 2.94. The van der Waals surface area contributed by atoms with Crippen molar-refractivity contribution in [3.8, 4) is 0 Å². The highest BCUT2D eigenvalue weighted by Crippen LogP contribution is 2.33. The minimum absolute atomic E-state index is 0.417. The highest BCUT2D eigenvalue weighted by atomic mass is 16.7. The van der Waals surface area contributed by atoms with Crippen molar-refractivity contribution in [1.82, 2.24) is 5.48 Å². The van der Waals surface area contributed by atoms with E-state index >= 15 is 0 Å². The average Bonchev–Trinajstić information content (AvgIpc) is 2.00. The van der Waals surface area contributed by atoms with Crippen molar-refractivity contribution >= 4 is 0 Å². The molecule has 1 atom stereocenters. The summed E-state index contributed by atoms with van der Waals surface area (Å²) in [6.45, 7) is 4.70. The largest absolute Gasteiger partial charge is 0.299 e. The lowest BCUT2D eigenvalue weighted by atomic mass is 9.79. The summed E-state index contributed by atoms with van der Waals surface area (Å²) in [5, 5.41) is 0. The molecule has 0 spiro atoms. The van der Waals surface area contributed by atoms with Gasteiger partial charge in [-0.25, -0.2) is 5.48 Å². The monoisotopic (exact) mass is 185 g/mol. The Bertz CT molecular complexity index is 145. The van der Waals surface area contributed by atoms with E-state index in [9.17, 15) is 0 Å². The zero-order chi connectivity index (χ0) is 9.73. The normalized spacial score (nSPS) is 29.3. The predicted octanol–water partition coefficient (Wildman–Crippen LogP) is 2.89. The first-order valence-electron chi connectivity index (χ1n) is 5.46. The molecule has 1 unspecified atom stereocenters. The van der Waals surface area contributed by atoms with Gasteiger partial charge in [-0.05, 0) is 24.7 Å². The Kier molecular flexibility index (Phi) is 4.20. The van der Waals surface area contributed by atoms with E-state index < -0.39 is 0 Å². The number of hydrogen-bond acceptors (Lipinski definition) is 2. The van der Waals surface area contributed by atoms with Crippen LogP contribution in [0.2, 0.25) is 0 Å². The summed E-state index contributed by atoms with van der Waals surface area (Å²) in [6.07, 6.45) is 8.24. The lowest BCUT2D eigenvalue weighted by Gasteiger charge is -2.31. The summed E-state index contributed by atoms with van der Waals surface area (Å²) < 4.78 is 0. The lowest BCUT2D eigenvalue weighted by Crippen LogP contribution is -2.28. The molecular formula is C11H23NO. The first kappa shape index (κ1) is 11.0. The Morgan fingerprint density at radius 1 is 1.23 bits per heavy atom. The first-order chi connectivity index (χ1) is 6.14. The molecule has 0 aliphatic heterocycles. The van der Waals surface area contributed by atoms with Crippen LogP contribution in [-0.2, 0) is 4.84 Å². The zero-order valence-electron chi connectivity index (χ0n) is 9.23. The zero-order valence-corrected chi connectivity index (χ0v) is 9.23. The molecule has 1 fully saturated rings. The van der Waals surface area contributed by atoms with Crippen LogP contribution in [-0.4, -0.2) is 13.2 Å². The maximum absolute atomic E-state index is 5.50. The summed E-state index contributed by atoms with van der Waals surface area (Å²) in [7, 11) is 1.85. The van der Waals surface area contributed by atoms with Crippen LogP contribution in [0.4, 0.5) is 0 Å². The van der Waals surface area contributed by atoms with Gasteiger partial charge in [-0.15, -0.1) is 0 Å². The second-order valence-corrected chi connectivity index (χ2v) is 4.91. The van der Waals surface area contributed by atoms with Gasteiger partial charge in [0.25, 0.3) is 0 Å². The average molecular weight is 185 g/mol. The van der Waals surface area contributed by atoms with Gasteiger partial charge in [0.05, 0.1) is 6.10 Å². The molecule has 1 aliphatic rings. The summed E-state index contributed by atoms with van der Waals surface area (Å²) in [4.78, 5) is 5.50. The SMILES string of the molecule is CNOC1CCCCCC(C)(C)C1. The summed E-state index contributed by atoms with van der Waals surface area (Å²) >= 11 is 0. The fraction of sp³-hybridized carbons (Fsp3) is 1.00. The van der Waals surface area contributed by atoms with Gasteiger partial charge in [0.1, 0.15) is 0 Å². The standard InChI is InChI=1S/C11H23NO/c1-11(2)8-6-4-5-7-10(9-11)13-12-3/h10,12H,4-9H2,1-3H3. The van der Waals surface area contributed by atoms with Crippen molar-refractivity contribution in [2.24, 2.45) is 5.41 Å². The van der Waals surface area contributed by atoms with Gasteiger partial charge in [-0.1, -0.05) is 33.1 Å². The van der Waals surface area contributed by atoms with Gasteiger partial charge >= 0.3 is 0 Å². The molecule has 1 N–H and O–H groups in total. The summed E-state index contributed by atoms with van der Waals surface area (Å²) in [6, 6.07) is 0. The van der Waals surface area contributed by atoms with Crippen molar-refractivity contribution in [2.45, 2.75) is 58.5 Å². The number of hydrogen-bond donors (Lipinski definition) is 1. The van der Waals surface area contributed by atoms with Crippen LogP contribution in [0.15, 0.2) is 0 Å². The number of rotatable bonds is 2. The second-order valence-electron chi connectivity index (χ2n) is 4.91. The van der Waals surface area contributed by atoms with E-state index in [1.807, 2.05) is 7.05 Å². The Labute approximate surface area is 82.0 Å². The first-order valence-corrected chi connectivity index (χ1v) is 5.46. The van der Waals surface area contributed by atoms with Gasteiger partial charge in [-0.2, -0.15) is 0 Å². The van der Waals surface area contributed by atoms with E-state index in [2.05, 4.69) is 19.3 Å². The molecule has 13 heavy (non-hydrogen) atoms. The molecule has 78 valence electrons. The second kappa shape index (κ2) is 4.97. The van der Waals surface area contributed by atoms with Gasteiger partial charge in [0.2, 0.25) is 0 Å². The van der Waals surface area contributed by atoms with E-state index in [0.29, 0.717) is 11.5 Å². The molecule has 0 bridgehead atoms. The highest BCUT2D eigenvalue weighted by molar-refractivity contribution is 4.76. The van der Waals surface area contributed by atoms with Crippen molar-refractivity contribution < 1.29 is 4.84 Å². The lowest BCUT2D eigenvalue weighted by molar-refractivity contribution is -0.0435. The Balaban J connectivity index is 2.43. The van der Waals surface area contributed by atoms with Crippen molar-refractivity contribution in [2.75, 3.05) is 7.05 Å². The van der Waals surface area contributed by atoms with E-state index in [-0.39, 0.29) is 0 Å². The summed E-state index contributed by atoms with van der Waals surface area (Å²) in [5.74, 6) is 0. The van der Waals surface area contributed by atoms with Gasteiger partial charge in [-0.3, -0.25) is 4.84 Å².